The normalized spacial score (nSPS) is 16.9. The maximum Gasteiger partial charge on any atom is 0.237 e. The zero-order valence-corrected chi connectivity index (χ0v) is 28.4. The summed E-state index contributed by atoms with van der Waals surface area (Å²) < 4.78 is 5.33. The van der Waals surface area contributed by atoms with Crippen LogP contribution in [0.25, 0.3) is 5.57 Å². The van der Waals surface area contributed by atoms with Crippen molar-refractivity contribution in [1.29, 1.82) is 5.41 Å². The van der Waals surface area contributed by atoms with Gasteiger partial charge in [-0.2, -0.15) is 0 Å². The number of nitrogens with zero attached hydrogens (tertiary/aromatic N) is 5. The number of amidine groups is 1. The van der Waals surface area contributed by atoms with Crippen molar-refractivity contribution >= 4 is 52.3 Å². The standard InChI is InChI=1S/C37H45N9O3/c1-4-46(29-10-12-31(38)30(20-29)35(40)27-9-11-32(39)33(19-27)49-3)37(48)28-13-16-44(21-28)22-34(47)45-17-14-25(15-18-45)24-5-7-26(8-6-24)36(41)43-23-42-2/h5-12,14,19-20,23,28,40H,4,13,15-18,21-22,38-39H2,1-3H3,(H2,41,42,43)/t28-/m1/s1. The molecule has 0 bridgehead atoms. The number of aliphatic imine (C=N–C) groups is 2. The van der Waals surface area contributed by atoms with Gasteiger partial charge in [-0.15, -0.1) is 0 Å². The summed E-state index contributed by atoms with van der Waals surface area (Å²) in [6.45, 7) is 5.04. The van der Waals surface area contributed by atoms with Crippen molar-refractivity contribution in [2.24, 2.45) is 21.6 Å². The number of ether oxygens (including phenoxy) is 1. The summed E-state index contributed by atoms with van der Waals surface area (Å²) in [4.78, 5) is 40.7. The van der Waals surface area contributed by atoms with Crippen LogP contribution >= 0.6 is 0 Å². The van der Waals surface area contributed by atoms with Crippen molar-refractivity contribution in [3.63, 3.8) is 0 Å². The van der Waals surface area contributed by atoms with E-state index >= 15 is 0 Å². The Hall–Kier alpha value is -5.49. The fourth-order valence-electron chi connectivity index (χ4n) is 6.31. The van der Waals surface area contributed by atoms with Gasteiger partial charge < -0.3 is 31.7 Å². The average Bonchev–Trinajstić information content (AvgIpc) is 3.60. The Bertz CT molecular complexity index is 1800. The minimum atomic E-state index is -0.237. The second-order valence-corrected chi connectivity index (χ2v) is 12.2. The molecule has 2 aliphatic rings. The molecular formula is C37H45N9O3. The van der Waals surface area contributed by atoms with Gasteiger partial charge in [0.2, 0.25) is 11.8 Å². The molecule has 0 aliphatic carbocycles. The first-order valence-corrected chi connectivity index (χ1v) is 16.4. The number of hydrogen-bond acceptors (Lipinski definition) is 8. The number of nitrogens with one attached hydrogen (secondary N) is 1. The summed E-state index contributed by atoms with van der Waals surface area (Å²) in [5, 5.41) is 8.86. The van der Waals surface area contributed by atoms with Gasteiger partial charge in [0, 0.05) is 61.3 Å². The number of hydrogen-bond donors (Lipinski definition) is 4. The molecule has 0 aromatic heterocycles. The predicted octanol–water partition coefficient (Wildman–Crippen LogP) is 3.63. The SMILES string of the molecule is CCN(C(=O)[C@@H]1CCN(CC(=O)N2CC=C(c3ccc(C(N)=NC=NC)cc3)CC2)C1)c1ccc(N)c(C(=N)c2ccc(N)c(OC)c2)c1. The lowest BCUT2D eigenvalue weighted by Crippen LogP contribution is -2.42. The number of benzene rings is 3. The molecule has 0 radical (unpaired) electrons. The van der Waals surface area contributed by atoms with Crippen molar-refractivity contribution in [3.8, 4) is 5.75 Å². The molecule has 5 rings (SSSR count). The highest BCUT2D eigenvalue weighted by atomic mass is 16.5. The van der Waals surface area contributed by atoms with Crippen LogP contribution in [-0.2, 0) is 9.59 Å². The highest BCUT2D eigenvalue weighted by Gasteiger charge is 2.33. The van der Waals surface area contributed by atoms with E-state index in [1.54, 1.807) is 42.3 Å². The quantitative estimate of drug-likeness (QED) is 0.137. The molecule has 1 fully saturated rings. The van der Waals surface area contributed by atoms with Gasteiger partial charge in [0.25, 0.3) is 0 Å². The van der Waals surface area contributed by atoms with Crippen LogP contribution in [-0.4, -0.2) is 92.9 Å². The number of nitrogens with two attached hydrogens (primary N) is 3. The van der Waals surface area contributed by atoms with E-state index in [1.807, 2.05) is 42.2 Å². The molecule has 1 saturated heterocycles. The van der Waals surface area contributed by atoms with Crippen molar-refractivity contribution in [2.45, 2.75) is 19.8 Å². The third-order valence-electron chi connectivity index (χ3n) is 9.13. The van der Waals surface area contributed by atoms with Crippen LogP contribution in [0.4, 0.5) is 17.1 Å². The number of likely N-dealkylation sites (tertiary alicyclic amines) is 1. The zero-order valence-electron chi connectivity index (χ0n) is 28.4. The monoisotopic (exact) mass is 663 g/mol. The van der Waals surface area contributed by atoms with Crippen LogP contribution in [0.3, 0.4) is 0 Å². The highest BCUT2D eigenvalue weighted by molar-refractivity contribution is 6.15. The van der Waals surface area contributed by atoms with Crippen LogP contribution < -0.4 is 26.8 Å². The van der Waals surface area contributed by atoms with Crippen LogP contribution in [0.5, 0.6) is 5.75 Å². The minimum absolute atomic E-state index is 0.00283. The molecule has 0 spiro atoms. The van der Waals surface area contributed by atoms with E-state index < -0.39 is 0 Å². The Morgan fingerprint density at radius 3 is 2.45 bits per heavy atom. The van der Waals surface area contributed by atoms with Gasteiger partial charge in [-0.25, -0.2) is 4.99 Å². The van der Waals surface area contributed by atoms with E-state index in [9.17, 15) is 9.59 Å². The van der Waals surface area contributed by atoms with Crippen molar-refractivity contribution in [1.82, 2.24) is 9.80 Å². The topological polar surface area (TPSA) is 180 Å². The largest absolute Gasteiger partial charge is 0.495 e. The first-order valence-electron chi connectivity index (χ1n) is 16.4. The van der Waals surface area contributed by atoms with Crippen molar-refractivity contribution in [2.75, 3.05) is 69.8 Å². The summed E-state index contributed by atoms with van der Waals surface area (Å²) in [6, 6.07) is 18.4. The lowest BCUT2D eigenvalue weighted by atomic mass is 9.98. The highest BCUT2D eigenvalue weighted by Crippen LogP contribution is 2.30. The van der Waals surface area contributed by atoms with Crippen molar-refractivity contribution in [3.05, 3.63) is 89.0 Å². The Kier molecular flexibility index (Phi) is 11.1. The molecule has 0 unspecified atom stereocenters. The maximum atomic E-state index is 13.8. The first kappa shape index (κ1) is 34.8. The first-order chi connectivity index (χ1) is 23.6. The van der Waals surface area contributed by atoms with Crippen LogP contribution in [0.15, 0.2) is 76.7 Å². The van der Waals surface area contributed by atoms with Gasteiger partial charge in [0.15, 0.2) is 0 Å². The Morgan fingerprint density at radius 1 is 1.04 bits per heavy atom. The van der Waals surface area contributed by atoms with E-state index in [-0.39, 0.29) is 30.0 Å². The molecule has 12 heteroatoms. The maximum absolute atomic E-state index is 13.8. The van der Waals surface area contributed by atoms with Gasteiger partial charge in [-0.05, 0) is 67.8 Å². The van der Waals surface area contributed by atoms with E-state index in [0.717, 1.165) is 17.5 Å². The molecule has 1 atom stereocenters. The van der Waals surface area contributed by atoms with Crippen LogP contribution in [0.1, 0.15) is 42.0 Å². The van der Waals surface area contributed by atoms with E-state index in [0.29, 0.717) is 78.9 Å². The molecule has 49 heavy (non-hydrogen) atoms. The number of anilines is 3. The number of rotatable bonds is 11. The second-order valence-electron chi connectivity index (χ2n) is 12.2. The number of amides is 2. The summed E-state index contributed by atoms with van der Waals surface area (Å²) in [5.74, 6) is 0.711. The predicted molar refractivity (Wildman–Crippen MR) is 198 cm³/mol. The Morgan fingerprint density at radius 2 is 1.78 bits per heavy atom. The van der Waals surface area contributed by atoms with Crippen LogP contribution in [0.2, 0.25) is 0 Å². The van der Waals surface area contributed by atoms with Gasteiger partial charge in [-0.3, -0.25) is 24.9 Å². The number of carbonyl (C=O) groups excluding carboxylic acids is 2. The molecular weight excluding hydrogens is 618 g/mol. The molecule has 2 amide bonds. The minimum Gasteiger partial charge on any atom is -0.495 e. The zero-order chi connectivity index (χ0) is 35.1. The van der Waals surface area contributed by atoms with E-state index in [4.69, 9.17) is 27.3 Å². The molecule has 256 valence electrons. The lowest BCUT2D eigenvalue weighted by molar-refractivity contribution is -0.132. The van der Waals surface area contributed by atoms with Gasteiger partial charge in [0.1, 0.15) is 17.9 Å². The molecule has 7 N–H and O–H groups in total. The summed E-state index contributed by atoms with van der Waals surface area (Å²) in [5.41, 5.74) is 24.3. The molecule has 0 saturated carbocycles. The smallest absolute Gasteiger partial charge is 0.237 e. The van der Waals surface area contributed by atoms with Gasteiger partial charge in [0.05, 0.1) is 31.0 Å². The number of nitrogen functional groups attached to an aromatic ring is 2. The van der Waals surface area contributed by atoms with Crippen molar-refractivity contribution < 1.29 is 14.3 Å². The Balaban J connectivity index is 1.18. The third kappa shape index (κ3) is 7.98. The molecule has 3 aromatic carbocycles. The fourth-order valence-corrected chi connectivity index (χ4v) is 6.31. The Labute approximate surface area is 287 Å². The molecule has 3 aromatic rings. The second kappa shape index (κ2) is 15.6. The van der Waals surface area contributed by atoms with E-state index in [1.165, 1.54) is 19.0 Å². The van der Waals surface area contributed by atoms with Gasteiger partial charge in [-0.1, -0.05) is 36.4 Å². The number of methoxy groups -OCH3 is 1. The van der Waals surface area contributed by atoms with Gasteiger partial charge >= 0.3 is 0 Å². The molecule has 2 heterocycles. The molecule has 2 aliphatic heterocycles. The third-order valence-corrected chi connectivity index (χ3v) is 9.13. The summed E-state index contributed by atoms with van der Waals surface area (Å²) in [7, 11) is 3.17. The van der Waals surface area contributed by atoms with Crippen LogP contribution in [0, 0.1) is 11.3 Å². The molecule has 12 nitrogen and oxygen atoms in total. The number of carbonyl (C=O) groups is 2. The average molecular weight is 664 g/mol. The summed E-state index contributed by atoms with van der Waals surface area (Å²) in [6.07, 6.45) is 4.96. The lowest BCUT2D eigenvalue weighted by Gasteiger charge is -2.29. The fraction of sp³-hybridized carbons (Fsp3) is 0.324. The van der Waals surface area contributed by atoms with E-state index in [2.05, 4.69) is 21.0 Å². The summed E-state index contributed by atoms with van der Waals surface area (Å²) >= 11 is 0.